The van der Waals surface area contributed by atoms with E-state index in [-0.39, 0.29) is 0 Å². The summed E-state index contributed by atoms with van der Waals surface area (Å²) in [6.07, 6.45) is 13.9. The van der Waals surface area contributed by atoms with Gasteiger partial charge in [-0.1, -0.05) is 78.3 Å². The average Bonchev–Trinajstić information content (AvgIpc) is 3.04. The summed E-state index contributed by atoms with van der Waals surface area (Å²) in [6.45, 7) is 20.0. The largest absolute Gasteiger partial charge is 0.388 e. The summed E-state index contributed by atoms with van der Waals surface area (Å²) in [5, 5.41) is 20.5. The van der Waals surface area contributed by atoms with E-state index in [9.17, 15) is 10.2 Å². The summed E-state index contributed by atoms with van der Waals surface area (Å²) >= 11 is 0. The van der Waals surface area contributed by atoms with Gasteiger partial charge in [0.25, 0.3) is 0 Å². The van der Waals surface area contributed by atoms with Crippen LogP contribution in [0.15, 0.2) is 47.6 Å². The summed E-state index contributed by atoms with van der Waals surface area (Å²) in [4.78, 5) is 0. The zero-order chi connectivity index (χ0) is 23.0. The third-order valence-corrected chi connectivity index (χ3v) is 8.74. The number of hydrogen-bond acceptors (Lipinski definition) is 2. The highest BCUT2D eigenvalue weighted by Gasteiger charge is 2.50. The molecule has 3 aliphatic carbocycles. The maximum absolute atomic E-state index is 10.3. The molecule has 1 unspecified atom stereocenters. The Hall–Kier alpha value is -1.12. The SMILES string of the molecule is C=C1/C(=C\C=C2/CCCC3(C)[C@@H]([C@H](C)CCCC(C)(C)C)CC[C@@H]23)C[C@@H](O)C(=C)[C@@H]1O. The first-order valence-corrected chi connectivity index (χ1v) is 12.6. The van der Waals surface area contributed by atoms with Crippen molar-refractivity contribution in [3.8, 4) is 0 Å². The van der Waals surface area contributed by atoms with E-state index in [1.54, 1.807) is 5.57 Å². The summed E-state index contributed by atoms with van der Waals surface area (Å²) in [6, 6.07) is 0. The second-order valence-electron chi connectivity index (χ2n) is 12.2. The molecule has 0 spiro atoms. The molecule has 0 aliphatic heterocycles. The predicted molar refractivity (Wildman–Crippen MR) is 132 cm³/mol. The van der Waals surface area contributed by atoms with Crippen LogP contribution < -0.4 is 0 Å². The van der Waals surface area contributed by atoms with Crippen molar-refractivity contribution in [2.45, 2.75) is 105 Å². The summed E-state index contributed by atoms with van der Waals surface area (Å²) < 4.78 is 0. The van der Waals surface area contributed by atoms with E-state index in [1.165, 1.54) is 51.4 Å². The van der Waals surface area contributed by atoms with Crippen LogP contribution in [-0.2, 0) is 0 Å². The number of allylic oxidation sites excluding steroid dienone is 3. The molecule has 3 saturated carbocycles. The van der Waals surface area contributed by atoms with Gasteiger partial charge in [-0.3, -0.25) is 0 Å². The fourth-order valence-corrected chi connectivity index (χ4v) is 6.80. The fourth-order valence-electron chi connectivity index (χ4n) is 6.80. The molecule has 0 saturated heterocycles. The maximum atomic E-state index is 10.3. The Balaban J connectivity index is 1.72. The van der Waals surface area contributed by atoms with Crippen molar-refractivity contribution in [3.63, 3.8) is 0 Å². The lowest BCUT2D eigenvalue weighted by atomic mass is 9.60. The van der Waals surface area contributed by atoms with Gasteiger partial charge in [0.2, 0.25) is 0 Å². The van der Waals surface area contributed by atoms with Crippen LogP contribution in [0, 0.1) is 28.6 Å². The second kappa shape index (κ2) is 9.40. The van der Waals surface area contributed by atoms with Gasteiger partial charge in [-0.05, 0) is 83.8 Å². The molecule has 0 aromatic carbocycles. The minimum Gasteiger partial charge on any atom is -0.388 e. The van der Waals surface area contributed by atoms with Crippen molar-refractivity contribution in [2.75, 3.05) is 0 Å². The zero-order valence-corrected chi connectivity index (χ0v) is 20.7. The molecule has 0 heterocycles. The van der Waals surface area contributed by atoms with E-state index in [4.69, 9.17) is 0 Å². The van der Waals surface area contributed by atoms with Gasteiger partial charge in [-0.2, -0.15) is 0 Å². The Morgan fingerprint density at radius 1 is 1.16 bits per heavy atom. The van der Waals surface area contributed by atoms with E-state index < -0.39 is 12.2 Å². The molecule has 3 aliphatic rings. The first-order chi connectivity index (χ1) is 14.4. The summed E-state index contributed by atoms with van der Waals surface area (Å²) in [5.74, 6) is 2.30. The number of fused-ring (bicyclic) bond motifs is 1. The smallest absolute Gasteiger partial charge is 0.102 e. The topological polar surface area (TPSA) is 40.5 Å². The van der Waals surface area contributed by atoms with Crippen molar-refractivity contribution in [2.24, 2.45) is 28.6 Å². The molecule has 0 bridgehead atoms. The first-order valence-electron chi connectivity index (χ1n) is 12.6. The molecule has 0 aromatic rings. The quantitative estimate of drug-likeness (QED) is 0.458. The van der Waals surface area contributed by atoms with Gasteiger partial charge >= 0.3 is 0 Å². The molecule has 0 aromatic heterocycles. The van der Waals surface area contributed by atoms with E-state index in [0.717, 1.165) is 17.4 Å². The molecule has 174 valence electrons. The van der Waals surface area contributed by atoms with Crippen molar-refractivity contribution >= 4 is 0 Å². The molecule has 3 fully saturated rings. The zero-order valence-electron chi connectivity index (χ0n) is 20.7. The Morgan fingerprint density at radius 3 is 2.55 bits per heavy atom. The molecule has 6 atom stereocenters. The standard InChI is InChI=1S/C29H46O2/c1-19(10-8-16-28(4,5)6)24-14-15-25-22(11-9-17-29(24,25)7)12-13-23-18-26(30)21(3)27(31)20(23)2/h12-13,19,24-27,30-31H,2-3,8-11,14-18H2,1,4-7H3/b22-12+,23-13-/t19-,24-,25+,26-,27-,29?/m1/s1. The van der Waals surface area contributed by atoms with Gasteiger partial charge in [0, 0.05) is 6.42 Å². The lowest BCUT2D eigenvalue weighted by molar-refractivity contribution is 0.0920. The molecular formula is C29H46O2. The number of hydrogen-bond donors (Lipinski definition) is 2. The second-order valence-corrected chi connectivity index (χ2v) is 12.2. The molecule has 0 amide bonds. The molecule has 2 nitrogen and oxygen atoms in total. The number of rotatable bonds is 5. The first kappa shape index (κ1) is 24.5. The van der Waals surface area contributed by atoms with Crippen molar-refractivity contribution in [3.05, 3.63) is 47.6 Å². The van der Waals surface area contributed by atoms with Gasteiger partial charge in [-0.25, -0.2) is 0 Å². The third kappa shape index (κ3) is 5.28. The molecule has 31 heavy (non-hydrogen) atoms. The van der Waals surface area contributed by atoms with Crippen LogP contribution in [0.3, 0.4) is 0 Å². The predicted octanol–water partition coefficient (Wildman–Crippen LogP) is 7.15. The Labute approximate surface area is 191 Å². The molecule has 2 N–H and O–H groups in total. The van der Waals surface area contributed by atoms with Crippen LogP contribution in [0.25, 0.3) is 0 Å². The van der Waals surface area contributed by atoms with Gasteiger partial charge in [-0.15, -0.1) is 0 Å². The lowest BCUT2D eigenvalue weighted by Crippen LogP contribution is -2.36. The van der Waals surface area contributed by atoms with Crippen molar-refractivity contribution in [1.82, 2.24) is 0 Å². The minimum absolute atomic E-state index is 0.417. The monoisotopic (exact) mass is 426 g/mol. The van der Waals surface area contributed by atoms with E-state index in [1.807, 2.05) is 0 Å². The summed E-state index contributed by atoms with van der Waals surface area (Å²) in [7, 11) is 0. The summed E-state index contributed by atoms with van der Waals surface area (Å²) in [5.41, 5.74) is 4.57. The van der Waals surface area contributed by atoms with Crippen molar-refractivity contribution in [1.29, 1.82) is 0 Å². The number of aliphatic hydroxyl groups is 2. The molecule has 3 rings (SSSR count). The van der Waals surface area contributed by atoms with Gasteiger partial charge in [0.1, 0.15) is 6.10 Å². The Bertz CT molecular complexity index is 749. The van der Waals surface area contributed by atoms with Crippen LogP contribution in [0.2, 0.25) is 0 Å². The van der Waals surface area contributed by atoms with Crippen LogP contribution in [-0.4, -0.2) is 22.4 Å². The minimum atomic E-state index is -0.824. The van der Waals surface area contributed by atoms with Crippen LogP contribution in [0.5, 0.6) is 0 Å². The third-order valence-electron chi connectivity index (χ3n) is 8.74. The fraction of sp³-hybridized carbons (Fsp3) is 0.724. The van der Waals surface area contributed by atoms with E-state index in [0.29, 0.717) is 34.3 Å². The van der Waals surface area contributed by atoms with Crippen LogP contribution in [0.4, 0.5) is 0 Å². The molecule has 2 heteroatoms. The van der Waals surface area contributed by atoms with Crippen LogP contribution in [0.1, 0.15) is 92.4 Å². The normalized spacial score (nSPS) is 38.0. The Kier molecular flexibility index (Phi) is 7.43. The number of aliphatic hydroxyl groups excluding tert-OH is 2. The highest BCUT2D eigenvalue weighted by Crippen LogP contribution is 2.60. The highest BCUT2D eigenvalue weighted by molar-refractivity contribution is 5.45. The lowest BCUT2D eigenvalue weighted by Gasteiger charge is -2.44. The van der Waals surface area contributed by atoms with E-state index >= 15 is 0 Å². The van der Waals surface area contributed by atoms with Gasteiger partial charge in [0.15, 0.2) is 0 Å². The van der Waals surface area contributed by atoms with Gasteiger partial charge < -0.3 is 10.2 Å². The Morgan fingerprint density at radius 2 is 1.87 bits per heavy atom. The molecular weight excluding hydrogens is 380 g/mol. The average molecular weight is 427 g/mol. The van der Waals surface area contributed by atoms with Gasteiger partial charge in [0.05, 0.1) is 6.10 Å². The van der Waals surface area contributed by atoms with Crippen molar-refractivity contribution < 1.29 is 10.2 Å². The maximum Gasteiger partial charge on any atom is 0.102 e. The molecule has 0 radical (unpaired) electrons. The van der Waals surface area contributed by atoms with E-state index in [2.05, 4.69) is 59.9 Å². The van der Waals surface area contributed by atoms with Crippen LogP contribution >= 0.6 is 0 Å². The highest BCUT2D eigenvalue weighted by atomic mass is 16.3.